The number of nitrogens with one attached hydrogen (secondary N) is 1. The van der Waals surface area contributed by atoms with Crippen molar-refractivity contribution < 1.29 is 19.1 Å². The Kier molecular flexibility index (Phi) is 5.89. The van der Waals surface area contributed by atoms with Gasteiger partial charge in [-0.25, -0.2) is 4.39 Å². The third-order valence-corrected chi connectivity index (χ3v) is 3.55. The van der Waals surface area contributed by atoms with Crippen molar-refractivity contribution in [1.29, 1.82) is 0 Å². The van der Waals surface area contributed by atoms with E-state index in [9.17, 15) is 19.1 Å². The number of rotatable bonds is 6. The zero-order chi connectivity index (χ0) is 17.5. The number of carbonyl (C=O) groups is 2. The molecule has 0 radical (unpaired) electrons. The third-order valence-electron chi connectivity index (χ3n) is 3.55. The van der Waals surface area contributed by atoms with E-state index in [1.54, 1.807) is 0 Å². The van der Waals surface area contributed by atoms with Crippen molar-refractivity contribution in [3.8, 4) is 5.75 Å². The lowest BCUT2D eigenvalue weighted by Gasteiger charge is -2.20. The molecule has 126 valence electrons. The third kappa shape index (κ3) is 4.81. The van der Waals surface area contributed by atoms with Gasteiger partial charge in [0.2, 0.25) is 11.8 Å². The van der Waals surface area contributed by atoms with Crippen molar-refractivity contribution in [2.45, 2.75) is 13.3 Å². The maximum atomic E-state index is 13.6. The van der Waals surface area contributed by atoms with Crippen LogP contribution in [0.15, 0.2) is 48.5 Å². The monoisotopic (exact) mass is 330 g/mol. The van der Waals surface area contributed by atoms with E-state index >= 15 is 0 Å². The minimum Gasteiger partial charge on any atom is -0.506 e. The smallest absolute Gasteiger partial charge is 0.244 e. The van der Waals surface area contributed by atoms with Gasteiger partial charge in [0.1, 0.15) is 11.4 Å². The van der Waals surface area contributed by atoms with Gasteiger partial charge in [-0.15, -0.1) is 0 Å². The number of amides is 2. The van der Waals surface area contributed by atoms with Crippen molar-refractivity contribution >= 4 is 17.5 Å². The molecular weight excluding hydrogens is 311 g/mol. The standard InChI is InChI=1S/C18H19FN2O3/c1-13(22)21(11-10-14-6-3-2-4-7-14)12-17(24)20-18-15(19)8-5-9-16(18)23/h2-9,23H,10-12H2,1H3,(H,20,24). The van der Waals surface area contributed by atoms with E-state index in [1.807, 2.05) is 30.3 Å². The molecule has 2 aromatic carbocycles. The number of aromatic hydroxyl groups is 1. The number of anilines is 1. The molecule has 0 aliphatic rings. The molecule has 0 unspecified atom stereocenters. The lowest BCUT2D eigenvalue weighted by atomic mass is 10.1. The predicted molar refractivity (Wildman–Crippen MR) is 89.1 cm³/mol. The molecule has 2 rings (SSSR count). The Hall–Kier alpha value is -2.89. The first-order chi connectivity index (χ1) is 11.5. The summed E-state index contributed by atoms with van der Waals surface area (Å²) in [5.74, 6) is -1.92. The summed E-state index contributed by atoms with van der Waals surface area (Å²) in [5.41, 5.74) is 0.768. The molecule has 0 aliphatic carbocycles. The quantitative estimate of drug-likeness (QED) is 0.800. The number of halogens is 1. The molecule has 0 fully saturated rings. The first-order valence-corrected chi connectivity index (χ1v) is 7.54. The Bertz CT molecular complexity index is 699. The van der Waals surface area contributed by atoms with Crippen LogP contribution in [0.3, 0.4) is 0 Å². The van der Waals surface area contributed by atoms with E-state index in [-0.39, 0.29) is 23.9 Å². The van der Waals surface area contributed by atoms with Crippen LogP contribution in [0.2, 0.25) is 0 Å². The summed E-state index contributed by atoms with van der Waals surface area (Å²) in [7, 11) is 0. The zero-order valence-corrected chi connectivity index (χ0v) is 13.3. The highest BCUT2D eigenvalue weighted by atomic mass is 19.1. The lowest BCUT2D eigenvalue weighted by molar-refractivity contribution is -0.132. The molecule has 6 heteroatoms. The van der Waals surface area contributed by atoms with E-state index in [0.717, 1.165) is 11.6 Å². The molecule has 0 spiro atoms. The number of hydrogen-bond donors (Lipinski definition) is 2. The molecule has 2 N–H and O–H groups in total. The SMILES string of the molecule is CC(=O)N(CCc1ccccc1)CC(=O)Nc1c(O)cccc1F. The summed E-state index contributed by atoms with van der Waals surface area (Å²) in [6, 6.07) is 13.3. The number of benzene rings is 2. The van der Waals surface area contributed by atoms with E-state index in [0.29, 0.717) is 13.0 Å². The van der Waals surface area contributed by atoms with Gasteiger partial charge in [-0.05, 0) is 24.1 Å². The molecular formula is C18H19FN2O3. The Morgan fingerprint density at radius 3 is 2.46 bits per heavy atom. The van der Waals surface area contributed by atoms with Crippen molar-refractivity contribution in [1.82, 2.24) is 4.90 Å². The first-order valence-electron chi connectivity index (χ1n) is 7.54. The van der Waals surface area contributed by atoms with Gasteiger partial charge in [-0.2, -0.15) is 0 Å². The van der Waals surface area contributed by atoms with Gasteiger partial charge < -0.3 is 15.3 Å². The van der Waals surface area contributed by atoms with Crippen LogP contribution in [-0.4, -0.2) is 34.9 Å². The van der Waals surface area contributed by atoms with Crippen LogP contribution in [-0.2, 0) is 16.0 Å². The van der Waals surface area contributed by atoms with Crippen molar-refractivity contribution in [2.24, 2.45) is 0 Å². The Morgan fingerprint density at radius 2 is 1.83 bits per heavy atom. The van der Waals surface area contributed by atoms with Crippen LogP contribution in [0.25, 0.3) is 0 Å². The van der Waals surface area contributed by atoms with Gasteiger partial charge in [0.15, 0.2) is 5.82 Å². The molecule has 5 nitrogen and oxygen atoms in total. The van der Waals surface area contributed by atoms with Crippen molar-refractivity contribution in [3.63, 3.8) is 0 Å². The summed E-state index contributed by atoms with van der Waals surface area (Å²) in [6.07, 6.45) is 0.610. The second kappa shape index (κ2) is 8.10. The fourth-order valence-corrected chi connectivity index (χ4v) is 2.25. The number of carbonyl (C=O) groups excluding carboxylic acids is 2. The molecule has 0 aliphatic heterocycles. The summed E-state index contributed by atoms with van der Waals surface area (Å²) in [4.78, 5) is 25.1. The summed E-state index contributed by atoms with van der Waals surface area (Å²) in [5, 5.41) is 11.9. The number of nitrogens with zero attached hydrogens (tertiary/aromatic N) is 1. The highest BCUT2D eigenvalue weighted by molar-refractivity contribution is 5.95. The van der Waals surface area contributed by atoms with Crippen LogP contribution in [0, 0.1) is 5.82 Å². The fraction of sp³-hybridized carbons (Fsp3) is 0.222. The van der Waals surface area contributed by atoms with Gasteiger partial charge in [0, 0.05) is 13.5 Å². The van der Waals surface area contributed by atoms with Crippen LogP contribution in [0.4, 0.5) is 10.1 Å². The molecule has 0 saturated carbocycles. The molecule has 0 heterocycles. The molecule has 2 amide bonds. The molecule has 0 saturated heterocycles. The van der Waals surface area contributed by atoms with Crippen LogP contribution in [0.1, 0.15) is 12.5 Å². The maximum absolute atomic E-state index is 13.6. The Labute approximate surface area is 139 Å². The van der Waals surface area contributed by atoms with Gasteiger partial charge in [-0.1, -0.05) is 36.4 Å². The van der Waals surface area contributed by atoms with Gasteiger partial charge >= 0.3 is 0 Å². The molecule has 0 atom stereocenters. The lowest BCUT2D eigenvalue weighted by Crippen LogP contribution is -2.38. The average Bonchev–Trinajstić information content (AvgIpc) is 2.55. The van der Waals surface area contributed by atoms with Crippen LogP contribution >= 0.6 is 0 Å². The summed E-state index contributed by atoms with van der Waals surface area (Å²) in [6.45, 7) is 1.53. The minimum atomic E-state index is -0.734. The normalized spacial score (nSPS) is 10.2. The second-order valence-electron chi connectivity index (χ2n) is 5.36. The fourth-order valence-electron chi connectivity index (χ4n) is 2.25. The second-order valence-corrected chi connectivity index (χ2v) is 5.36. The minimum absolute atomic E-state index is 0.212. The summed E-state index contributed by atoms with van der Waals surface area (Å²) < 4.78 is 13.6. The number of para-hydroxylation sites is 1. The summed E-state index contributed by atoms with van der Waals surface area (Å²) >= 11 is 0. The van der Waals surface area contributed by atoms with Gasteiger partial charge in [0.25, 0.3) is 0 Å². The predicted octanol–water partition coefficient (Wildman–Crippen LogP) is 2.56. The van der Waals surface area contributed by atoms with E-state index in [1.165, 1.54) is 24.0 Å². The number of phenols is 1. The highest BCUT2D eigenvalue weighted by Crippen LogP contribution is 2.25. The van der Waals surface area contributed by atoms with Crippen LogP contribution in [0.5, 0.6) is 5.75 Å². The van der Waals surface area contributed by atoms with E-state index in [2.05, 4.69) is 5.32 Å². The molecule has 0 bridgehead atoms. The number of hydrogen-bond acceptors (Lipinski definition) is 3. The van der Waals surface area contributed by atoms with Crippen molar-refractivity contribution in [3.05, 3.63) is 59.9 Å². The van der Waals surface area contributed by atoms with Gasteiger partial charge in [0.05, 0.1) is 6.54 Å². The largest absolute Gasteiger partial charge is 0.506 e. The number of phenolic OH excluding ortho intramolecular Hbond substituents is 1. The topological polar surface area (TPSA) is 69.6 Å². The molecule has 24 heavy (non-hydrogen) atoms. The zero-order valence-electron chi connectivity index (χ0n) is 13.3. The Morgan fingerprint density at radius 1 is 1.12 bits per heavy atom. The highest BCUT2D eigenvalue weighted by Gasteiger charge is 2.16. The average molecular weight is 330 g/mol. The van der Waals surface area contributed by atoms with Crippen LogP contribution < -0.4 is 5.32 Å². The van der Waals surface area contributed by atoms with Gasteiger partial charge in [-0.3, -0.25) is 9.59 Å². The van der Waals surface area contributed by atoms with E-state index < -0.39 is 11.7 Å². The van der Waals surface area contributed by atoms with Crippen molar-refractivity contribution in [2.75, 3.05) is 18.4 Å². The first kappa shape index (κ1) is 17.5. The van der Waals surface area contributed by atoms with E-state index in [4.69, 9.17) is 0 Å². The maximum Gasteiger partial charge on any atom is 0.244 e. The molecule has 2 aromatic rings. The Balaban J connectivity index is 1.97. The molecule has 0 aromatic heterocycles.